The van der Waals surface area contributed by atoms with Gasteiger partial charge in [-0.25, -0.2) is 0 Å². The third-order valence-electron chi connectivity index (χ3n) is 4.74. The molecule has 0 bridgehead atoms. The number of ether oxygens (including phenoxy) is 1. The first kappa shape index (κ1) is 14.1. The summed E-state index contributed by atoms with van der Waals surface area (Å²) < 4.78 is 5.20. The number of amides is 2. The molecule has 5 nitrogen and oxygen atoms in total. The maximum absolute atomic E-state index is 12.3. The van der Waals surface area contributed by atoms with Gasteiger partial charge in [-0.15, -0.1) is 0 Å². The number of benzene rings is 1. The first-order chi connectivity index (χ1) is 9.89. The highest BCUT2D eigenvalue weighted by molar-refractivity contribution is 6.10. The summed E-state index contributed by atoms with van der Waals surface area (Å²) >= 11 is 0. The van der Waals surface area contributed by atoms with Crippen LogP contribution in [-0.2, 0) is 9.59 Å². The van der Waals surface area contributed by atoms with Gasteiger partial charge < -0.3 is 9.84 Å². The molecule has 1 saturated carbocycles. The SMILES string of the molecule is COc1ccccc1C(O)CN1C(=O)C2C(C1=O)C2(C)C. The number of imide groups is 1. The van der Waals surface area contributed by atoms with Crippen LogP contribution in [0, 0.1) is 17.3 Å². The highest BCUT2D eigenvalue weighted by atomic mass is 16.5. The van der Waals surface area contributed by atoms with Crippen LogP contribution in [0.1, 0.15) is 25.5 Å². The number of β-amino-alcohol motifs (C(OH)–C–C–N with tert-alkyl or cyclic N) is 1. The molecule has 112 valence electrons. The molecule has 2 amide bonds. The predicted molar refractivity (Wildman–Crippen MR) is 75.4 cm³/mol. The molecule has 0 spiro atoms. The highest BCUT2D eigenvalue weighted by Crippen LogP contribution is 2.63. The number of aliphatic hydroxyl groups excluding tert-OH is 1. The van der Waals surface area contributed by atoms with Crippen molar-refractivity contribution < 1.29 is 19.4 Å². The second-order valence-corrected chi connectivity index (χ2v) is 6.32. The minimum absolute atomic E-state index is 0.0128. The summed E-state index contributed by atoms with van der Waals surface area (Å²) in [5, 5.41) is 10.3. The number of piperidine rings is 1. The smallest absolute Gasteiger partial charge is 0.233 e. The maximum Gasteiger partial charge on any atom is 0.233 e. The van der Waals surface area contributed by atoms with Crippen LogP contribution in [0.4, 0.5) is 0 Å². The van der Waals surface area contributed by atoms with E-state index in [1.165, 1.54) is 12.0 Å². The lowest BCUT2D eigenvalue weighted by molar-refractivity contribution is -0.144. The lowest BCUT2D eigenvalue weighted by Gasteiger charge is -2.24. The molecule has 1 heterocycles. The molecule has 1 aromatic rings. The summed E-state index contributed by atoms with van der Waals surface area (Å²) in [6.45, 7) is 3.86. The second-order valence-electron chi connectivity index (χ2n) is 6.32. The van der Waals surface area contributed by atoms with Crippen molar-refractivity contribution in [1.82, 2.24) is 4.90 Å². The number of carbonyl (C=O) groups is 2. The molecule has 2 fully saturated rings. The molecule has 3 rings (SSSR count). The third-order valence-corrected chi connectivity index (χ3v) is 4.74. The molecule has 1 saturated heterocycles. The van der Waals surface area contributed by atoms with E-state index in [1.807, 2.05) is 13.8 Å². The standard InChI is InChI=1S/C16H19NO4/c1-16(2)12-13(16)15(20)17(14(12)19)8-10(18)9-6-4-5-7-11(9)21-3/h4-7,10,12-13,18H,8H2,1-3H3. The van der Waals surface area contributed by atoms with Gasteiger partial charge in [0.25, 0.3) is 0 Å². The van der Waals surface area contributed by atoms with Crippen LogP contribution in [0.25, 0.3) is 0 Å². The molecule has 5 heteroatoms. The third kappa shape index (κ3) is 1.95. The zero-order valence-electron chi connectivity index (χ0n) is 12.4. The van der Waals surface area contributed by atoms with Crippen LogP contribution >= 0.6 is 0 Å². The minimum atomic E-state index is -0.935. The van der Waals surface area contributed by atoms with Crippen LogP contribution in [0.15, 0.2) is 24.3 Å². The zero-order valence-corrected chi connectivity index (χ0v) is 12.4. The van der Waals surface area contributed by atoms with Crippen molar-refractivity contribution in [3.05, 3.63) is 29.8 Å². The fourth-order valence-electron chi connectivity index (χ4n) is 3.40. The van der Waals surface area contributed by atoms with Gasteiger partial charge in [0.1, 0.15) is 11.9 Å². The van der Waals surface area contributed by atoms with Gasteiger partial charge >= 0.3 is 0 Å². The Hall–Kier alpha value is -1.88. The van der Waals surface area contributed by atoms with Crippen LogP contribution in [-0.4, -0.2) is 35.5 Å². The lowest BCUT2D eigenvalue weighted by atomic mass is 10.0. The Kier molecular flexibility index (Phi) is 3.06. The van der Waals surface area contributed by atoms with Crippen LogP contribution in [0.2, 0.25) is 0 Å². The Morgan fingerprint density at radius 1 is 1.24 bits per heavy atom. The van der Waals surface area contributed by atoms with E-state index in [1.54, 1.807) is 24.3 Å². The van der Waals surface area contributed by atoms with Crippen molar-refractivity contribution in [2.24, 2.45) is 17.3 Å². The predicted octanol–water partition coefficient (Wildman–Crippen LogP) is 1.37. The summed E-state index contributed by atoms with van der Waals surface area (Å²) in [5.74, 6) is -0.202. The topological polar surface area (TPSA) is 66.8 Å². The molecule has 1 aromatic carbocycles. The number of nitrogens with zero attached hydrogens (tertiary/aromatic N) is 1. The summed E-state index contributed by atoms with van der Waals surface area (Å²) in [6, 6.07) is 7.07. The van der Waals surface area contributed by atoms with E-state index in [0.717, 1.165) is 0 Å². The number of aliphatic hydroxyl groups is 1. The van der Waals surface area contributed by atoms with Gasteiger partial charge in [-0.05, 0) is 11.5 Å². The molecule has 1 N–H and O–H groups in total. The molecule has 0 radical (unpaired) electrons. The number of carbonyl (C=O) groups excluding carboxylic acids is 2. The Balaban J connectivity index is 1.76. The maximum atomic E-state index is 12.3. The largest absolute Gasteiger partial charge is 0.496 e. The second kappa shape index (κ2) is 4.56. The monoisotopic (exact) mass is 289 g/mol. The van der Waals surface area contributed by atoms with E-state index in [-0.39, 0.29) is 35.6 Å². The number of fused-ring (bicyclic) bond motifs is 1. The highest BCUT2D eigenvalue weighted by Gasteiger charge is 2.72. The van der Waals surface area contributed by atoms with Gasteiger partial charge in [-0.1, -0.05) is 32.0 Å². The van der Waals surface area contributed by atoms with E-state index in [0.29, 0.717) is 11.3 Å². The van der Waals surface area contributed by atoms with Gasteiger partial charge in [-0.3, -0.25) is 14.5 Å². The molecule has 1 aliphatic heterocycles. The Labute approximate surface area is 123 Å². The van der Waals surface area contributed by atoms with Crippen molar-refractivity contribution in [2.75, 3.05) is 13.7 Å². The van der Waals surface area contributed by atoms with Gasteiger partial charge in [-0.2, -0.15) is 0 Å². The first-order valence-corrected chi connectivity index (χ1v) is 7.05. The molecule has 21 heavy (non-hydrogen) atoms. The summed E-state index contributed by atoms with van der Waals surface area (Å²) in [5.41, 5.74) is 0.362. The summed E-state index contributed by atoms with van der Waals surface area (Å²) in [6.07, 6.45) is -0.935. The number of para-hydroxylation sites is 1. The summed E-state index contributed by atoms with van der Waals surface area (Å²) in [4.78, 5) is 25.7. The fraction of sp³-hybridized carbons (Fsp3) is 0.500. The van der Waals surface area contributed by atoms with E-state index in [2.05, 4.69) is 0 Å². The van der Waals surface area contributed by atoms with Gasteiger partial charge in [0.15, 0.2) is 0 Å². The molecule has 1 aliphatic carbocycles. The summed E-state index contributed by atoms with van der Waals surface area (Å²) in [7, 11) is 1.52. The van der Waals surface area contributed by atoms with E-state index < -0.39 is 6.10 Å². The molecule has 3 atom stereocenters. The van der Waals surface area contributed by atoms with Gasteiger partial charge in [0, 0.05) is 5.56 Å². The number of hydrogen-bond donors (Lipinski definition) is 1. The van der Waals surface area contributed by atoms with Gasteiger partial charge in [0.2, 0.25) is 11.8 Å². The number of likely N-dealkylation sites (tertiary alicyclic amines) is 1. The molecular weight excluding hydrogens is 270 g/mol. The quantitative estimate of drug-likeness (QED) is 0.850. The van der Waals surface area contributed by atoms with Crippen molar-refractivity contribution >= 4 is 11.8 Å². The van der Waals surface area contributed by atoms with Crippen molar-refractivity contribution in [2.45, 2.75) is 20.0 Å². The average Bonchev–Trinajstić information content (AvgIpc) is 2.94. The van der Waals surface area contributed by atoms with Crippen LogP contribution in [0.3, 0.4) is 0 Å². The Bertz CT molecular complexity index is 586. The Morgan fingerprint density at radius 2 is 1.81 bits per heavy atom. The fourth-order valence-corrected chi connectivity index (χ4v) is 3.40. The van der Waals surface area contributed by atoms with Crippen LogP contribution in [0.5, 0.6) is 5.75 Å². The molecule has 0 aromatic heterocycles. The lowest BCUT2D eigenvalue weighted by Crippen LogP contribution is -2.39. The first-order valence-electron chi connectivity index (χ1n) is 7.05. The zero-order chi connectivity index (χ0) is 15.4. The van der Waals surface area contributed by atoms with Crippen molar-refractivity contribution in [3.63, 3.8) is 0 Å². The minimum Gasteiger partial charge on any atom is -0.496 e. The molecule has 2 aliphatic rings. The normalized spacial score (nSPS) is 27.5. The average molecular weight is 289 g/mol. The van der Waals surface area contributed by atoms with Crippen LogP contribution < -0.4 is 4.74 Å². The van der Waals surface area contributed by atoms with E-state index >= 15 is 0 Å². The van der Waals surface area contributed by atoms with E-state index in [9.17, 15) is 14.7 Å². The van der Waals surface area contributed by atoms with Gasteiger partial charge in [0.05, 0.1) is 25.5 Å². The molecular formula is C16H19NO4. The number of rotatable bonds is 4. The number of hydrogen-bond acceptors (Lipinski definition) is 4. The molecule has 3 unspecified atom stereocenters. The van der Waals surface area contributed by atoms with Crippen molar-refractivity contribution in [3.8, 4) is 5.75 Å². The van der Waals surface area contributed by atoms with E-state index in [4.69, 9.17) is 4.74 Å². The Morgan fingerprint density at radius 3 is 2.38 bits per heavy atom. The van der Waals surface area contributed by atoms with Crippen molar-refractivity contribution in [1.29, 1.82) is 0 Å². The number of methoxy groups -OCH3 is 1.